The molecule has 2 N–H and O–H groups in total. The van der Waals surface area contributed by atoms with Gasteiger partial charge in [-0.2, -0.15) is 5.10 Å². The van der Waals surface area contributed by atoms with Crippen molar-refractivity contribution in [2.24, 2.45) is 0 Å². The first-order chi connectivity index (χ1) is 11.7. The number of aromatic amines is 1. The number of ether oxygens (including phenoxy) is 1. The molecule has 0 saturated heterocycles. The van der Waals surface area contributed by atoms with Gasteiger partial charge in [-0.3, -0.25) is 4.68 Å². The van der Waals surface area contributed by atoms with Crippen molar-refractivity contribution < 1.29 is 9.84 Å². The van der Waals surface area contributed by atoms with Gasteiger partial charge < -0.3 is 14.8 Å². The molecule has 2 aromatic carbocycles. The molecule has 0 bridgehead atoms. The van der Waals surface area contributed by atoms with Crippen LogP contribution in [0.2, 0.25) is 0 Å². The third kappa shape index (κ3) is 2.34. The van der Waals surface area contributed by atoms with Crippen LogP contribution in [-0.2, 0) is 13.2 Å². The van der Waals surface area contributed by atoms with Crippen LogP contribution in [0.15, 0.2) is 42.7 Å². The number of benzene rings is 2. The molecule has 0 saturated carbocycles. The lowest BCUT2D eigenvalue weighted by molar-refractivity contribution is 0.282. The standard InChI is InChI=1S/C19H19N3O2/c1-12-7-18(24-2)16(15-5-6-20-19(12)15)10-22-9-14-4-3-13(11-23)8-17(14)21-22/h3-9,20,23H,10-11H2,1-2H3. The molecule has 0 aliphatic carbocycles. The highest BCUT2D eigenvalue weighted by Crippen LogP contribution is 2.31. The number of aliphatic hydroxyl groups is 1. The number of H-pyrrole nitrogens is 1. The number of aliphatic hydroxyl groups excluding tert-OH is 1. The molecule has 5 nitrogen and oxygen atoms in total. The van der Waals surface area contributed by atoms with E-state index >= 15 is 0 Å². The molecule has 0 fully saturated rings. The van der Waals surface area contributed by atoms with Crippen LogP contribution < -0.4 is 4.74 Å². The Labute approximate surface area is 139 Å². The van der Waals surface area contributed by atoms with Crippen LogP contribution >= 0.6 is 0 Å². The predicted molar refractivity (Wildman–Crippen MR) is 94.3 cm³/mol. The largest absolute Gasteiger partial charge is 0.496 e. The van der Waals surface area contributed by atoms with Gasteiger partial charge in [0.05, 0.1) is 25.8 Å². The maximum absolute atomic E-state index is 9.27. The highest BCUT2D eigenvalue weighted by atomic mass is 16.5. The summed E-state index contributed by atoms with van der Waals surface area (Å²) in [5, 5.41) is 16.1. The zero-order valence-electron chi connectivity index (χ0n) is 13.7. The Hall–Kier alpha value is -2.79. The molecule has 0 aliphatic heterocycles. The van der Waals surface area contributed by atoms with E-state index in [1.807, 2.05) is 35.3 Å². The second-order valence-electron chi connectivity index (χ2n) is 6.02. The number of aryl methyl sites for hydroxylation is 1. The maximum atomic E-state index is 9.27. The number of aromatic nitrogens is 3. The van der Waals surface area contributed by atoms with Gasteiger partial charge in [0.25, 0.3) is 0 Å². The lowest BCUT2D eigenvalue weighted by Crippen LogP contribution is -2.03. The monoisotopic (exact) mass is 321 g/mol. The van der Waals surface area contributed by atoms with Crippen LogP contribution in [0.25, 0.3) is 21.8 Å². The summed E-state index contributed by atoms with van der Waals surface area (Å²) in [6, 6.07) is 9.96. The van der Waals surface area contributed by atoms with Gasteiger partial charge in [0.15, 0.2) is 0 Å². The number of nitrogens with zero attached hydrogens (tertiary/aromatic N) is 2. The molecular weight excluding hydrogens is 302 g/mol. The Morgan fingerprint density at radius 2 is 2.12 bits per heavy atom. The van der Waals surface area contributed by atoms with Gasteiger partial charge in [-0.15, -0.1) is 0 Å². The summed E-state index contributed by atoms with van der Waals surface area (Å²) in [7, 11) is 1.70. The van der Waals surface area contributed by atoms with Gasteiger partial charge in [0, 0.05) is 34.2 Å². The molecule has 24 heavy (non-hydrogen) atoms. The van der Waals surface area contributed by atoms with Crippen LogP contribution in [0, 0.1) is 6.92 Å². The molecule has 0 aliphatic rings. The smallest absolute Gasteiger partial charge is 0.124 e. The normalized spacial score (nSPS) is 11.5. The zero-order chi connectivity index (χ0) is 16.7. The van der Waals surface area contributed by atoms with Crippen LogP contribution in [0.4, 0.5) is 0 Å². The zero-order valence-corrected chi connectivity index (χ0v) is 13.7. The van der Waals surface area contributed by atoms with Gasteiger partial charge in [-0.05, 0) is 36.2 Å². The fourth-order valence-corrected chi connectivity index (χ4v) is 3.24. The topological polar surface area (TPSA) is 63.1 Å². The summed E-state index contributed by atoms with van der Waals surface area (Å²) in [6.45, 7) is 2.73. The maximum Gasteiger partial charge on any atom is 0.124 e. The van der Waals surface area contributed by atoms with Gasteiger partial charge in [0.1, 0.15) is 5.75 Å². The van der Waals surface area contributed by atoms with Gasteiger partial charge >= 0.3 is 0 Å². The van der Waals surface area contributed by atoms with E-state index in [1.54, 1.807) is 7.11 Å². The number of rotatable bonds is 4. The third-order valence-electron chi connectivity index (χ3n) is 4.45. The summed E-state index contributed by atoms with van der Waals surface area (Å²) in [6.07, 6.45) is 3.97. The number of nitrogens with one attached hydrogen (secondary N) is 1. The molecule has 4 rings (SSSR count). The fourth-order valence-electron chi connectivity index (χ4n) is 3.24. The third-order valence-corrected chi connectivity index (χ3v) is 4.45. The molecule has 0 radical (unpaired) electrons. The van der Waals surface area contributed by atoms with Crippen molar-refractivity contribution in [3.05, 3.63) is 59.4 Å². The highest BCUT2D eigenvalue weighted by Gasteiger charge is 2.13. The molecule has 122 valence electrons. The number of hydrogen-bond donors (Lipinski definition) is 2. The van der Waals surface area contributed by atoms with E-state index < -0.39 is 0 Å². The van der Waals surface area contributed by atoms with Crippen molar-refractivity contribution in [1.29, 1.82) is 0 Å². The van der Waals surface area contributed by atoms with E-state index in [-0.39, 0.29) is 6.61 Å². The molecule has 2 aromatic heterocycles. The molecular formula is C19H19N3O2. The lowest BCUT2D eigenvalue weighted by atomic mass is 10.0. The van der Waals surface area contributed by atoms with Crippen LogP contribution in [0.1, 0.15) is 16.7 Å². The fraction of sp³-hybridized carbons (Fsp3) is 0.211. The summed E-state index contributed by atoms with van der Waals surface area (Å²) in [5.41, 5.74) is 5.15. The van der Waals surface area contributed by atoms with Crippen molar-refractivity contribution in [3.8, 4) is 5.75 Å². The Kier molecular flexibility index (Phi) is 3.50. The van der Waals surface area contributed by atoms with E-state index in [1.165, 1.54) is 0 Å². The van der Waals surface area contributed by atoms with Gasteiger partial charge in [-0.25, -0.2) is 0 Å². The Morgan fingerprint density at radius 3 is 2.92 bits per heavy atom. The van der Waals surface area contributed by atoms with E-state index in [0.717, 1.165) is 44.2 Å². The average Bonchev–Trinajstić information content (AvgIpc) is 3.22. The first-order valence-corrected chi connectivity index (χ1v) is 7.90. The molecule has 0 spiro atoms. The number of hydrogen-bond acceptors (Lipinski definition) is 3. The SMILES string of the molecule is COc1cc(C)c2[nH]ccc2c1Cn1cc2ccc(CO)cc2n1. The van der Waals surface area contributed by atoms with Gasteiger partial charge in [0.2, 0.25) is 0 Å². The highest BCUT2D eigenvalue weighted by molar-refractivity contribution is 5.88. The molecule has 2 heterocycles. The average molecular weight is 321 g/mol. The number of fused-ring (bicyclic) bond motifs is 2. The summed E-state index contributed by atoms with van der Waals surface area (Å²) in [5.74, 6) is 0.871. The minimum atomic E-state index is 0.0263. The Bertz CT molecular complexity index is 1030. The summed E-state index contributed by atoms with van der Waals surface area (Å²) < 4.78 is 7.52. The quantitative estimate of drug-likeness (QED) is 0.606. The van der Waals surface area contributed by atoms with Crippen molar-refractivity contribution in [2.75, 3.05) is 7.11 Å². The van der Waals surface area contributed by atoms with E-state index in [9.17, 15) is 5.11 Å². The van der Waals surface area contributed by atoms with Crippen molar-refractivity contribution in [2.45, 2.75) is 20.1 Å². The van der Waals surface area contributed by atoms with E-state index in [2.05, 4.69) is 29.1 Å². The van der Waals surface area contributed by atoms with Gasteiger partial charge in [-0.1, -0.05) is 12.1 Å². The molecule has 5 heteroatoms. The summed E-state index contributed by atoms with van der Waals surface area (Å²) >= 11 is 0. The molecule has 4 aromatic rings. The Balaban J connectivity index is 1.81. The molecule has 0 amide bonds. The van der Waals surface area contributed by atoms with Crippen LogP contribution in [0.3, 0.4) is 0 Å². The van der Waals surface area contributed by atoms with Crippen LogP contribution in [-0.4, -0.2) is 27.0 Å². The Morgan fingerprint density at radius 1 is 1.25 bits per heavy atom. The van der Waals surface area contributed by atoms with E-state index in [0.29, 0.717) is 6.54 Å². The van der Waals surface area contributed by atoms with Crippen molar-refractivity contribution in [1.82, 2.24) is 14.8 Å². The second-order valence-corrected chi connectivity index (χ2v) is 6.02. The summed E-state index contributed by atoms with van der Waals surface area (Å²) in [4.78, 5) is 3.29. The van der Waals surface area contributed by atoms with Crippen molar-refractivity contribution in [3.63, 3.8) is 0 Å². The molecule has 0 atom stereocenters. The van der Waals surface area contributed by atoms with Crippen molar-refractivity contribution >= 4 is 21.8 Å². The lowest BCUT2D eigenvalue weighted by Gasteiger charge is -2.12. The first kappa shape index (κ1) is 14.8. The first-order valence-electron chi connectivity index (χ1n) is 7.90. The minimum Gasteiger partial charge on any atom is -0.496 e. The van der Waals surface area contributed by atoms with E-state index in [4.69, 9.17) is 4.74 Å². The number of methoxy groups -OCH3 is 1. The van der Waals surface area contributed by atoms with Crippen LogP contribution in [0.5, 0.6) is 5.75 Å². The molecule has 0 unspecified atom stereocenters. The predicted octanol–water partition coefficient (Wildman–Crippen LogP) is 3.38. The second kappa shape index (κ2) is 5.69. The minimum absolute atomic E-state index is 0.0263.